The Kier molecular flexibility index (Phi) is 6.68. The van der Waals surface area contributed by atoms with Crippen molar-refractivity contribution in [3.63, 3.8) is 0 Å². The van der Waals surface area contributed by atoms with Crippen LogP contribution in [0.4, 0.5) is 0 Å². The normalized spacial score (nSPS) is 14.7. The minimum atomic E-state index is -4.26. The topological polar surface area (TPSA) is 90.2 Å². The fourth-order valence-corrected chi connectivity index (χ4v) is 6.54. The van der Waals surface area contributed by atoms with Gasteiger partial charge in [0.05, 0.1) is 27.7 Å². The molecule has 5 rings (SSSR count). The number of benzene rings is 3. The molecule has 0 atom stereocenters. The lowest BCUT2D eigenvalue weighted by Crippen LogP contribution is -2.30. The molecule has 0 radical (unpaired) electrons. The summed E-state index contributed by atoms with van der Waals surface area (Å²) in [5.74, 6) is -0.862. The third-order valence-electron chi connectivity index (χ3n) is 6.48. The Balaban J connectivity index is 1.57. The zero-order valence-electron chi connectivity index (χ0n) is 19.2. The lowest BCUT2D eigenvalue weighted by molar-refractivity contribution is 0.0981. The Labute approximate surface area is 218 Å². The van der Waals surface area contributed by atoms with Crippen LogP contribution >= 0.6 is 23.2 Å². The van der Waals surface area contributed by atoms with Crippen molar-refractivity contribution in [2.24, 2.45) is 0 Å². The van der Waals surface area contributed by atoms with Crippen LogP contribution in [0.25, 0.3) is 16.6 Å². The molecule has 0 spiro atoms. The molecule has 7 nitrogen and oxygen atoms in total. The number of rotatable bonds is 5. The molecule has 0 aliphatic heterocycles. The summed E-state index contributed by atoms with van der Waals surface area (Å²) in [6.07, 6.45) is 5.25. The zero-order valence-corrected chi connectivity index (χ0v) is 21.5. The quantitative estimate of drug-likeness (QED) is 0.348. The fraction of sp³-hybridized carbons (Fsp3) is 0.231. The lowest BCUT2D eigenvalue weighted by Gasteiger charge is -2.26. The molecule has 4 aromatic rings. The van der Waals surface area contributed by atoms with E-state index in [1.165, 1.54) is 36.8 Å². The van der Waals surface area contributed by atoms with Crippen LogP contribution in [0.1, 0.15) is 48.5 Å². The maximum Gasteiger partial charge on any atom is 0.279 e. The van der Waals surface area contributed by atoms with Gasteiger partial charge in [-0.15, -0.1) is 0 Å². The van der Waals surface area contributed by atoms with Crippen LogP contribution in [0.5, 0.6) is 0 Å². The van der Waals surface area contributed by atoms with Crippen molar-refractivity contribution in [3.05, 3.63) is 92.7 Å². The summed E-state index contributed by atoms with van der Waals surface area (Å²) in [4.78, 5) is 26.3. The summed E-state index contributed by atoms with van der Waals surface area (Å²) in [6.45, 7) is 0. The van der Waals surface area contributed by atoms with Crippen molar-refractivity contribution in [3.8, 4) is 5.69 Å². The van der Waals surface area contributed by atoms with E-state index in [9.17, 15) is 18.0 Å². The molecule has 1 heterocycles. The number of aromatic nitrogens is 2. The third-order valence-corrected chi connectivity index (χ3v) is 8.52. The van der Waals surface area contributed by atoms with Crippen molar-refractivity contribution < 1.29 is 13.2 Å². The van der Waals surface area contributed by atoms with E-state index in [0.717, 1.165) is 31.4 Å². The second-order valence-corrected chi connectivity index (χ2v) is 11.3. The smallest absolute Gasteiger partial charge is 0.274 e. The van der Waals surface area contributed by atoms with Gasteiger partial charge in [-0.1, -0.05) is 60.7 Å². The van der Waals surface area contributed by atoms with Crippen LogP contribution in [0.15, 0.2) is 76.4 Å². The van der Waals surface area contributed by atoms with Gasteiger partial charge in [0.25, 0.3) is 21.5 Å². The summed E-state index contributed by atoms with van der Waals surface area (Å²) < 4.78 is 31.3. The molecule has 3 aromatic carbocycles. The van der Waals surface area contributed by atoms with Crippen LogP contribution in [0.3, 0.4) is 0 Å². The molecule has 1 amide bonds. The average Bonchev–Trinajstić information content (AvgIpc) is 3.16. The minimum Gasteiger partial charge on any atom is -0.274 e. The minimum absolute atomic E-state index is 0.0502. The van der Waals surface area contributed by atoms with Crippen molar-refractivity contribution >= 4 is 50.0 Å². The van der Waals surface area contributed by atoms with Crippen molar-refractivity contribution in [1.82, 2.24) is 14.1 Å². The summed E-state index contributed by atoms with van der Waals surface area (Å²) >= 11 is 11.9. The molecular weight excluding hydrogens is 521 g/mol. The molecule has 186 valence electrons. The molecule has 1 N–H and O–H groups in total. The van der Waals surface area contributed by atoms with Gasteiger partial charge in [-0.2, -0.15) is 0 Å². The fourth-order valence-electron chi connectivity index (χ4n) is 4.79. The van der Waals surface area contributed by atoms with Crippen molar-refractivity contribution in [2.75, 3.05) is 0 Å². The molecule has 1 aliphatic rings. The molecule has 0 bridgehead atoms. The molecule has 10 heteroatoms. The average molecular weight is 544 g/mol. The Morgan fingerprint density at radius 3 is 2.33 bits per heavy atom. The maximum atomic E-state index is 13.6. The number of hydrogen-bond acceptors (Lipinski definition) is 4. The number of nitrogens with one attached hydrogen (secondary N) is 1. The highest BCUT2D eigenvalue weighted by Gasteiger charge is 2.26. The number of amides is 1. The highest BCUT2D eigenvalue weighted by Crippen LogP contribution is 2.32. The Hall–Kier alpha value is -3.07. The van der Waals surface area contributed by atoms with E-state index in [1.807, 2.05) is 39.7 Å². The summed E-state index contributed by atoms with van der Waals surface area (Å²) in [6, 6.07) is 18.1. The van der Waals surface area contributed by atoms with Crippen molar-refractivity contribution in [2.45, 2.75) is 43.0 Å². The molecule has 1 aliphatic carbocycles. The summed E-state index contributed by atoms with van der Waals surface area (Å²) in [5, 5.41) is 0.514. The maximum absolute atomic E-state index is 13.6. The van der Waals surface area contributed by atoms with Gasteiger partial charge in [-0.3, -0.25) is 14.3 Å². The number of sulfonamides is 1. The number of para-hydroxylation sites is 1. The predicted molar refractivity (Wildman–Crippen MR) is 141 cm³/mol. The van der Waals surface area contributed by atoms with E-state index >= 15 is 0 Å². The van der Waals surface area contributed by atoms with E-state index in [-0.39, 0.29) is 32.1 Å². The van der Waals surface area contributed by atoms with E-state index in [1.54, 1.807) is 10.7 Å². The standard InChI is InChI=1S/C26H23Cl2N3O4S/c27-18-12-14-24(22(28)16-18)36(34,35)29-25(32)17-11-13-23-21(15-17)26(33)31(20-9-5-2-6-10-20)30(23)19-7-3-1-4-8-19/h2,5-6,9-16,19H,1,3-4,7-8H2,(H,29,32). The predicted octanol–water partition coefficient (Wildman–Crippen LogP) is 5.72. The van der Waals surface area contributed by atoms with Gasteiger partial charge in [0, 0.05) is 10.6 Å². The van der Waals surface area contributed by atoms with Gasteiger partial charge in [0.1, 0.15) is 4.90 Å². The van der Waals surface area contributed by atoms with E-state index < -0.39 is 15.9 Å². The lowest BCUT2D eigenvalue weighted by atomic mass is 9.95. The zero-order chi connectivity index (χ0) is 25.4. The first kappa shape index (κ1) is 24.6. The number of hydrogen-bond donors (Lipinski definition) is 1. The van der Waals surface area contributed by atoms with Crippen LogP contribution in [-0.4, -0.2) is 23.7 Å². The second kappa shape index (κ2) is 9.76. The highest BCUT2D eigenvalue weighted by molar-refractivity contribution is 7.90. The number of carbonyl (C=O) groups is 1. The third kappa shape index (κ3) is 4.56. The number of fused-ring (bicyclic) bond motifs is 1. The molecule has 0 saturated heterocycles. The van der Waals surface area contributed by atoms with Crippen LogP contribution in [-0.2, 0) is 10.0 Å². The first-order valence-electron chi connectivity index (χ1n) is 11.6. The highest BCUT2D eigenvalue weighted by atomic mass is 35.5. The van der Waals surface area contributed by atoms with Crippen LogP contribution in [0, 0.1) is 0 Å². The van der Waals surface area contributed by atoms with E-state index in [4.69, 9.17) is 23.2 Å². The largest absolute Gasteiger partial charge is 0.279 e. The molecular formula is C26H23Cl2N3O4S. The Bertz CT molecular complexity index is 1620. The Morgan fingerprint density at radius 1 is 0.917 bits per heavy atom. The first-order chi connectivity index (χ1) is 17.3. The van der Waals surface area contributed by atoms with Gasteiger partial charge in [-0.25, -0.2) is 17.8 Å². The van der Waals surface area contributed by atoms with Crippen LogP contribution < -0.4 is 10.3 Å². The van der Waals surface area contributed by atoms with E-state index in [2.05, 4.69) is 0 Å². The van der Waals surface area contributed by atoms with Gasteiger partial charge in [-0.05, 0) is 61.4 Å². The van der Waals surface area contributed by atoms with Crippen LogP contribution in [0.2, 0.25) is 10.0 Å². The molecule has 1 saturated carbocycles. The molecule has 0 unspecified atom stereocenters. The molecule has 1 aromatic heterocycles. The number of halogens is 2. The monoisotopic (exact) mass is 543 g/mol. The SMILES string of the molecule is O=C(NS(=O)(=O)c1ccc(Cl)cc1Cl)c1ccc2c(c1)c(=O)n(-c1ccccc1)n2C1CCCCC1. The molecule has 36 heavy (non-hydrogen) atoms. The summed E-state index contributed by atoms with van der Waals surface area (Å²) in [5.41, 5.74) is 1.22. The number of nitrogens with zero attached hydrogens (tertiary/aromatic N) is 2. The number of carbonyl (C=O) groups excluding carboxylic acids is 1. The Morgan fingerprint density at radius 2 is 1.64 bits per heavy atom. The van der Waals surface area contributed by atoms with E-state index in [0.29, 0.717) is 10.9 Å². The molecule has 1 fully saturated rings. The van der Waals surface area contributed by atoms with Crippen molar-refractivity contribution in [1.29, 1.82) is 0 Å². The van der Waals surface area contributed by atoms with Gasteiger partial charge in [0.2, 0.25) is 0 Å². The van der Waals surface area contributed by atoms with Gasteiger partial charge < -0.3 is 0 Å². The first-order valence-corrected chi connectivity index (χ1v) is 13.8. The second-order valence-electron chi connectivity index (χ2n) is 8.83. The summed E-state index contributed by atoms with van der Waals surface area (Å²) in [7, 11) is -4.26. The van der Waals surface area contributed by atoms with Gasteiger partial charge >= 0.3 is 0 Å². The van der Waals surface area contributed by atoms with Gasteiger partial charge in [0.15, 0.2) is 0 Å².